The van der Waals surface area contributed by atoms with Crippen molar-refractivity contribution < 1.29 is 14.3 Å². The number of nitrogens with zero attached hydrogens (tertiary/aromatic N) is 2. The summed E-state index contributed by atoms with van der Waals surface area (Å²) in [6.07, 6.45) is 4.07. The number of hydrogen-bond donors (Lipinski definition) is 0. The Morgan fingerprint density at radius 2 is 1.71 bits per heavy atom. The molecule has 1 fully saturated rings. The molecular formula is C19H30N2O3. The highest BCUT2D eigenvalue weighted by Gasteiger charge is 2.20. The fourth-order valence-electron chi connectivity index (χ4n) is 3.06. The van der Waals surface area contributed by atoms with Crippen molar-refractivity contribution in [2.75, 3.05) is 47.9 Å². The van der Waals surface area contributed by atoms with E-state index in [0.717, 1.165) is 24.6 Å². The van der Waals surface area contributed by atoms with Crippen molar-refractivity contribution in [3.63, 3.8) is 0 Å². The Bertz CT molecular complexity index is 545. The Balaban J connectivity index is 1.96. The van der Waals surface area contributed by atoms with Crippen LogP contribution >= 0.6 is 0 Å². The summed E-state index contributed by atoms with van der Waals surface area (Å²) >= 11 is 0. The Morgan fingerprint density at radius 3 is 2.17 bits per heavy atom. The van der Waals surface area contributed by atoms with Gasteiger partial charge in [0.1, 0.15) is 11.5 Å². The molecule has 1 aliphatic rings. The molecule has 1 saturated carbocycles. The van der Waals surface area contributed by atoms with Crippen LogP contribution in [0.5, 0.6) is 11.5 Å². The fraction of sp³-hybridized carbons (Fsp3) is 0.632. The van der Waals surface area contributed by atoms with Gasteiger partial charge in [-0.15, -0.1) is 0 Å². The second-order valence-electron chi connectivity index (χ2n) is 6.79. The SMILES string of the molecule is COc1cc(C(=O)N(C)CCN(C)CC2CCC2)cc(OC)c1C. The van der Waals surface area contributed by atoms with Gasteiger partial charge in [-0.05, 0) is 44.9 Å². The van der Waals surface area contributed by atoms with Gasteiger partial charge in [0.2, 0.25) is 0 Å². The highest BCUT2D eigenvalue weighted by molar-refractivity contribution is 5.95. The molecule has 1 amide bonds. The van der Waals surface area contributed by atoms with Crippen molar-refractivity contribution in [2.24, 2.45) is 5.92 Å². The van der Waals surface area contributed by atoms with Crippen molar-refractivity contribution in [2.45, 2.75) is 26.2 Å². The first kappa shape index (κ1) is 18.6. The molecular weight excluding hydrogens is 304 g/mol. The van der Waals surface area contributed by atoms with E-state index in [1.165, 1.54) is 19.3 Å². The van der Waals surface area contributed by atoms with Crippen LogP contribution in [0.25, 0.3) is 0 Å². The number of hydrogen-bond acceptors (Lipinski definition) is 4. The van der Waals surface area contributed by atoms with Gasteiger partial charge in [-0.2, -0.15) is 0 Å². The zero-order valence-electron chi connectivity index (χ0n) is 15.6. The molecule has 0 saturated heterocycles. The molecule has 0 spiro atoms. The van der Waals surface area contributed by atoms with Gasteiger partial charge in [-0.25, -0.2) is 0 Å². The average molecular weight is 334 g/mol. The van der Waals surface area contributed by atoms with Gasteiger partial charge in [-0.1, -0.05) is 6.42 Å². The largest absolute Gasteiger partial charge is 0.496 e. The third kappa shape index (κ3) is 4.41. The lowest BCUT2D eigenvalue weighted by Gasteiger charge is -2.31. The van der Waals surface area contributed by atoms with E-state index in [2.05, 4.69) is 11.9 Å². The Kier molecular flexibility index (Phi) is 6.49. The average Bonchev–Trinajstić information content (AvgIpc) is 2.55. The number of methoxy groups -OCH3 is 2. The Labute approximate surface area is 145 Å². The van der Waals surface area contributed by atoms with Crippen molar-refractivity contribution in [1.82, 2.24) is 9.80 Å². The van der Waals surface area contributed by atoms with E-state index in [1.807, 2.05) is 14.0 Å². The maximum Gasteiger partial charge on any atom is 0.253 e. The van der Waals surface area contributed by atoms with Crippen molar-refractivity contribution in [1.29, 1.82) is 0 Å². The molecule has 0 aliphatic heterocycles. The maximum atomic E-state index is 12.7. The Hall–Kier alpha value is -1.75. The molecule has 1 aromatic rings. The second kappa shape index (κ2) is 8.38. The van der Waals surface area contributed by atoms with Gasteiger partial charge in [-0.3, -0.25) is 4.79 Å². The predicted molar refractivity (Wildman–Crippen MR) is 96.1 cm³/mol. The summed E-state index contributed by atoms with van der Waals surface area (Å²) < 4.78 is 10.7. The molecule has 134 valence electrons. The van der Waals surface area contributed by atoms with E-state index in [0.29, 0.717) is 23.6 Å². The van der Waals surface area contributed by atoms with Gasteiger partial charge >= 0.3 is 0 Å². The molecule has 1 aromatic carbocycles. The van der Waals surface area contributed by atoms with Crippen molar-refractivity contribution in [3.05, 3.63) is 23.3 Å². The highest BCUT2D eigenvalue weighted by Crippen LogP contribution is 2.30. The summed E-state index contributed by atoms with van der Waals surface area (Å²) in [7, 11) is 7.19. The lowest BCUT2D eigenvalue weighted by Crippen LogP contribution is -2.37. The molecule has 2 rings (SSSR count). The van der Waals surface area contributed by atoms with Crippen LogP contribution in [0.4, 0.5) is 0 Å². The van der Waals surface area contributed by atoms with Gasteiger partial charge in [0, 0.05) is 37.8 Å². The van der Waals surface area contributed by atoms with Crippen molar-refractivity contribution >= 4 is 5.91 Å². The van der Waals surface area contributed by atoms with Crippen LogP contribution < -0.4 is 9.47 Å². The minimum atomic E-state index is -0.0105. The minimum Gasteiger partial charge on any atom is -0.496 e. The monoisotopic (exact) mass is 334 g/mol. The van der Waals surface area contributed by atoms with Crippen LogP contribution in [-0.2, 0) is 0 Å². The van der Waals surface area contributed by atoms with Crippen LogP contribution in [-0.4, -0.2) is 63.7 Å². The zero-order valence-corrected chi connectivity index (χ0v) is 15.6. The number of carbonyl (C=O) groups excluding carboxylic acids is 1. The fourth-order valence-corrected chi connectivity index (χ4v) is 3.06. The standard InChI is InChI=1S/C19H30N2O3/c1-14-17(23-4)11-16(12-18(14)24-5)19(22)21(3)10-9-20(2)13-15-7-6-8-15/h11-12,15H,6-10,13H2,1-5H3. The second-order valence-corrected chi connectivity index (χ2v) is 6.79. The quantitative estimate of drug-likeness (QED) is 0.733. The van der Waals surface area contributed by atoms with E-state index in [4.69, 9.17) is 9.47 Å². The summed E-state index contributed by atoms with van der Waals surface area (Å²) in [4.78, 5) is 16.8. The summed E-state index contributed by atoms with van der Waals surface area (Å²) in [6.45, 7) is 4.65. The zero-order chi connectivity index (χ0) is 17.7. The molecule has 24 heavy (non-hydrogen) atoms. The molecule has 5 heteroatoms. The molecule has 0 atom stereocenters. The summed E-state index contributed by atoms with van der Waals surface area (Å²) in [5.74, 6) is 2.19. The molecule has 0 unspecified atom stereocenters. The normalized spacial score (nSPS) is 14.4. The third-order valence-corrected chi connectivity index (χ3v) is 4.96. The van der Waals surface area contributed by atoms with Gasteiger partial charge in [0.25, 0.3) is 5.91 Å². The Morgan fingerprint density at radius 1 is 1.12 bits per heavy atom. The molecule has 0 heterocycles. The number of carbonyl (C=O) groups is 1. The topological polar surface area (TPSA) is 42.0 Å². The van der Waals surface area contributed by atoms with Crippen LogP contribution in [0.15, 0.2) is 12.1 Å². The van der Waals surface area contributed by atoms with Gasteiger partial charge < -0.3 is 19.3 Å². The van der Waals surface area contributed by atoms with E-state index in [-0.39, 0.29) is 5.91 Å². The van der Waals surface area contributed by atoms with Crippen LogP contribution in [0.1, 0.15) is 35.2 Å². The van der Waals surface area contributed by atoms with Crippen LogP contribution in [0.2, 0.25) is 0 Å². The molecule has 0 bridgehead atoms. The van der Waals surface area contributed by atoms with E-state index in [9.17, 15) is 4.79 Å². The van der Waals surface area contributed by atoms with Gasteiger partial charge in [0.05, 0.1) is 14.2 Å². The van der Waals surface area contributed by atoms with Crippen LogP contribution in [0, 0.1) is 12.8 Å². The maximum absolute atomic E-state index is 12.7. The number of rotatable bonds is 8. The van der Waals surface area contributed by atoms with Gasteiger partial charge in [0.15, 0.2) is 0 Å². The molecule has 5 nitrogen and oxygen atoms in total. The van der Waals surface area contributed by atoms with Crippen molar-refractivity contribution in [3.8, 4) is 11.5 Å². The van der Waals surface area contributed by atoms with E-state index < -0.39 is 0 Å². The minimum absolute atomic E-state index is 0.0105. The number of benzene rings is 1. The molecule has 1 aliphatic carbocycles. The smallest absolute Gasteiger partial charge is 0.253 e. The lowest BCUT2D eigenvalue weighted by atomic mass is 9.85. The summed E-state index contributed by atoms with van der Waals surface area (Å²) in [6, 6.07) is 3.57. The first-order chi connectivity index (χ1) is 11.5. The third-order valence-electron chi connectivity index (χ3n) is 4.96. The van der Waals surface area contributed by atoms with Crippen LogP contribution in [0.3, 0.4) is 0 Å². The first-order valence-corrected chi connectivity index (χ1v) is 8.63. The molecule has 0 aromatic heterocycles. The molecule has 0 N–H and O–H groups in total. The number of likely N-dealkylation sites (N-methyl/N-ethyl adjacent to an activating group) is 2. The van der Waals surface area contributed by atoms with E-state index in [1.54, 1.807) is 31.3 Å². The number of ether oxygens (including phenoxy) is 2. The predicted octanol–water partition coefficient (Wildman–Crippen LogP) is 2.82. The molecule has 0 radical (unpaired) electrons. The summed E-state index contributed by atoms with van der Waals surface area (Å²) in [5.41, 5.74) is 1.50. The van der Waals surface area contributed by atoms with E-state index >= 15 is 0 Å². The first-order valence-electron chi connectivity index (χ1n) is 8.63. The number of amides is 1. The lowest BCUT2D eigenvalue weighted by molar-refractivity contribution is 0.0775. The summed E-state index contributed by atoms with van der Waals surface area (Å²) in [5, 5.41) is 0. The highest BCUT2D eigenvalue weighted by atomic mass is 16.5.